The van der Waals surface area contributed by atoms with Gasteiger partial charge in [0.1, 0.15) is 30.2 Å². The molecule has 352 valence electrons. The van der Waals surface area contributed by atoms with Crippen LogP contribution < -0.4 is 24.2 Å². The van der Waals surface area contributed by atoms with Crippen LogP contribution in [0.1, 0.15) is 64.4 Å². The molecule has 5 aliphatic heterocycles. The quantitative estimate of drug-likeness (QED) is 0.157. The number of aromatic amines is 1. The average molecular weight is 919 g/mol. The van der Waals surface area contributed by atoms with Gasteiger partial charge in [-0.15, -0.1) is 0 Å². The number of benzene rings is 4. The largest absolute Gasteiger partial charge is 0.489 e. The number of rotatable bonds is 7. The Bertz CT molecular complexity index is 2930. The summed E-state index contributed by atoms with van der Waals surface area (Å²) in [4.78, 5) is 53.0. The predicted octanol–water partition coefficient (Wildman–Crippen LogP) is 7.80. The fourth-order valence-corrected chi connectivity index (χ4v) is 10.4. The minimum absolute atomic E-state index is 0.0570. The summed E-state index contributed by atoms with van der Waals surface area (Å²) in [6.45, 7) is 14.7. The summed E-state index contributed by atoms with van der Waals surface area (Å²) >= 11 is 0. The lowest BCUT2D eigenvalue weighted by atomic mass is 9.96. The molecule has 2 aromatic heterocycles. The van der Waals surface area contributed by atoms with E-state index in [1.165, 1.54) is 67.0 Å². The van der Waals surface area contributed by atoms with E-state index in [0.717, 1.165) is 52.2 Å². The standard InChI is InChI=1S/C46H45FN8O4.C5H11N.C2H3N/c1-27-7-5-8-29-9-6-10-39(40(27)29)54-17-15-33-37(25-54)49-46(58-4)50-42(33)52-19-21-53(22-20-52)44(56)28(2)26-59-31-12-13-36-34(24-31)32-16-18-55-43(41(32)48-36)51(3)38-14-11-30(47)23-35(38)45(55)57;1-6-4-2-3-5-6;1-2-3/h5-14,23-24,43,48H,2,15-22,25-26H2,1,3-4H3;2-5H2,1H3;1H3. The number of carbonyl (C=O) groups is 2. The third-order valence-corrected chi connectivity index (χ3v) is 13.8. The van der Waals surface area contributed by atoms with Gasteiger partial charge in [-0.1, -0.05) is 36.9 Å². The Morgan fingerprint density at radius 2 is 1.63 bits per heavy atom. The van der Waals surface area contributed by atoms with Crippen molar-refractivity contribution in [3.05, 3.63) is 124 Å². The summed E-state index contributed by atoms with van der Waals surface area (Å²) in [5, 5.41) is 10.8. The van der Waals surface area contributed by atoms with E-state index < -0.39 is 5.82 Å². The van der Waals surface area contributed by atoms with E-state index in [2.05, 4.69) is 76.6 Å². The number of nitrogens with zero attached hydrogens (tertiary/aromatic N) is 9. The number of amides is 2. The smallest absolute Gasteiger partial charge is 0.318 e. The average Bonchev–Trinajstić information content (AvgIpc) is 4.00. The molecule has 0 saturated carbocycles. The van der Waals surface area contributed by atoms with Crippen LogP contribution in [0.15, 0.2) is 84.9 Å². The SMILES string of the molecule is C=C(COc1ccc2[nH]c3c(c2c1)CCN1C(=O)c2cc(F)ccc2N(C)C31)C(=O)N1CCN(c2nc(OC)nc3c2CCN(c2cccc4cccc(C)c24)C3)CC1.CC#N.CN1CCCC1. The molecule has 2 saturated heterocycles. The molecule has 6 aromatic rings. The highest BCUT2D eigenvalue weighted by molar-refractivity contribution is 6.03. The second-order valence-corrected chi connectivity index (χ2v) is 18.1. The minimum Gasteiger partial charge on any atom is -0.489 e. The fourth-order valence-electron chi connectivity index (χ4n) is 10.4. The third kappa shape index (κ3) is 8.88. The second kappa shape index (κ2) is 19.6. The van der Waals surface area contributed by atoms with Gasteiger partial charge < -0.3 is 43.9 Å². The molecule has 0 spiro atoms. The van der Waals surface area contributed by atoms with Gasteiger partial charge in [0, 0.05) is 86.4 Å². The summed E-state index contributed by atoms with van der Waals surface area (Å²) in [5.41, 5.74) is 9.00. The molecular weight excluding hydrogens is 860 g/mol. The maximum absolute atomic E-state index is 14.1. The highest BCUT2D eigenvalue weighted by Crippen LogP contribution is 2.44. The number of hydrogen-bond acceptors (Lipinski definition) is 11. The van der Waals surface area contributed by atoms with Crippen molar-refractivity contribution in [1.82, 2.24) is 29.7 Å². The molecule has 1 N–H and O–H groups in total. The lowest BCUT2D eigenvalue weighted by Gasteiger charge is -2.46. The number of aryl methyl sites for hydroxylation is 1. The Balaban J connectivity index is 0.000000584. The maximum Gasteiger partial charge on any atom is 0.318 e. The second-order valence-electron chi connectivity index (χ2n) is 18.1. The van der Waals surface area contributed by atoms with E-state index in [4.69, 9.17) is 24.7 Å². The van der Waals surface area contributed by atoms with Crippen molar-refractivity contribution in [2.45, 2.75) is 52.2 Å². The molecule has 0 aliphatic carbocycles. The number of H-pyrrole nitrogens is 1. The zero-order chi connectivity index (χ0) is 47.6. The van der Waals surface area contributed by atoms with Crippen molar-refractivity contribution in [3.8, 4) is 17.8 Å². The van der Waals surface area contributed by atoms with Crippen LogP contribution in [0, 0.1) is 24.1 Å². The molecular formula is C53H59FN10O4. The molecule has 1 unspecified atom stereocenters. The van der Waals surface area contributed by atoms with E-state index in [0.29, 0.717) is 74.3 Å². The Labute approximate surface area is 397 Å². The Morgan fingerprint density at radius 1 is 0.897 bits per heavy atom. The molecule has 2 fully saturated rings. The number of carbonyl (C=O) groups excluding carboxylic acids is 2. The van der Waals surface area contributed by atoms with Crippen LogP contribution in [0.4, 0.5) is 21.6 Å². The first kappa shape index (κ1) is 46.0. The molecule has 14 nitrogen and oxygen atoms in total. The summed E-state index contributed by atoms with van der Waals surface area (Å²) < 4.78 is 25.9. The lowest BCUT2D eigenvalue weighted by Crippen LogP contribution is -2.51. The number of nitriles is 1. The van der Waals surface area contributed by atoms with Gasteiger partial charge in [-0.25, -0.2) is 4.39 Å². The molecule has 0 bridgehead atoms. The molecule has 1 atom stereocenters. The van der Waals surface area contributed by atoms with Crippen molar-refractivity contribution < 1.29 is 23.5 Å². The molecule has 11 rings (SSSR count). The first-order chi connectivity index (χ1) is 33.0. The van der Waals surface area contributed by atoms with E-state index in [1.807, 2.05) is 35.0 Å². The molecule has 0 radical (unpaired) electrons. The van der Waals surface area contributed by atoms with Crippen molar-refractivity contribution in [1.29, 1.82) is 5.26 Å². The summed E-state index contributed by atoms with van der Waals surface area (Å²) in [7, 11) is 5.71. The molecule has 15 heteroatoms. The summed E-state index contributed by atoms with van der Waals surface area (Å²) in [5.74, 6) is 0.787. The number of nitrogens with one attached hydrogen (secondary N) is 1. The number of piperazine rings is 1. The number of aromatic nitrogens is 3. The van der Waals surface area contributed by atoms with E-state index in [-0.39, 0.29) is 24.6 Å². The molecule has 4 aromatic carbocycles. The number of anilines is 3. The number of hydrogen-bond donors (Lipinski definition) is 1. The van der Waals surface area contributed by atoms with E-state index in [1.54, 1.807) is 24.1 Å². The van der Waals surface area contributed by atoms with Gasteiger partial charge in [-0.2, -0.15) is 15.2 Å². The van der Waals surface area contributed by atoms with Crippen LogP contribution in [0.25, 0.3) is 21.7 Å². The van der Waals surface area contributed by atoms with Gasteiger partial charge in [0.15, 0.2) is 0 Å². The maximum atomic E-state index is 14.1. The van der Waals surface area contributed by atoms with Crippen molar-refractivity contribution in [3.63, 3.8) is 0 Å². The monoisotopic (exact) mass is 918 g/mol. The highest BCUT2D eigenvalue weighted by Gasteiger charge is 2.42. The predicted molar refractivity (Wildman–Crippen MR) is 264 cm³/mol. The van der Waals surface area contributed by atoms with Gasteiger partial charge in [0.05, 0.1) is 42.4 Å². The zero-order valence-corrected chi connectivity index (χ0v) is 39.6. The van der Waals surface area contributed by atoms with Crippen molar-refractivity contribution >= 4 is 50.7 Å². The molecule has 2 amide bonds. The Hall–Kier alpha value is -7.18. The summed E-state index contributed by atoms with van der Waals surface area (Å²) in [6, 6.07) is 25.2. The minimum atomic E-state index is -0.426. The van der Waals surface area contributed by atoms with Gasteiger partial charge in [-0.05, 0) is 112 Å². The van der Waals surface area contributed by atoms with Gasteiger partial charge in [-0.3, -0.25) is 9.59 Å². The Morgan fingerprint density at radius 3 is 2.35 bits per heavy atom. The number of methoxy groups -OCH3 is 1. The van der Waals surface area contributed by atoms with Crippen LogP contribution in [-0.4, -0.2) is 122 Å². The van der Waals surface area contributed by atoms with Gasteiger partial charge >= 0.3 is 6.01 Å². The summed E-state index contributed by atoms with van der Waals surface area (Å²) in [6.07, 6.45) is 3.93. The first-order valence-electron chi connectivity index (χ1n) is 23.5. The van der Waals surface area contributed by atoms with Crippen LogP contribution in [-0.2, 0) is 24.2 Å². The fraction of sp³-hybridized carbons (Fsp3) is 0.377. The molecule has 68 heavy (non-hydrogen) atoms. The number of fused-ring (bicyclic) bond motifs is 8. The van der Waals surface area contributed by atoms with Crippen molar-refractivity contribution in [2.75, 3.05) is 94.9 Å². The first-order valence-corrected chi connectivity index (χ1v) is 23.5. The normalized spacial score (nSPS) is 17.5. The molecule has 5 aliphatic rings. The highest BCUT2D eigenvalue weighted by atomic mass is 19.1. The Kier molecular flexibility index (Phi) is 13.2. The topological polar surface area (TPSA) is 137 Å². The molecule has 7 heterocycles. The van der Waals surface area contributed by atoms with Crippen LogP contribution >= 0.6 is 0 Å². The van der Waals surface area contributed by atoms with Crippen molar-refractivity contribution in [2.24, 2.45) is 0 Å². The zero-order valence-electron chi connectivity index (χ0n) is 39.6. The van der Waals surface area contributed by atoms with E-state index >= 15 is 0 Å². The third-order valence-electron chi connectivity index (χ3n) is 13.8. The number of ether oxygens (including phenoxy) is 2. The van der Waals surface area contributed by atoms with Crippen LogP contribution in [0.2, 0.25) is 0 Å². The number of halogens is 1. The van der Waals surface area contributed by atoms with Gasteiger partial charge in [0.2, 0.25) is 0 Å². The van der Waals surface area contributed by atoms with Crippen LogP contribution in [0.3, 0.4) is 0 Å². The van der Waals surface area contributed by atoms with E-state index in [9.17, 15) is 14.0 Å². The lowest BCUT2D eigenvalue weighted by molar-refractivity contribution is -0.127. The van der Waals surface area contributed by atoms with Crippen LogP contribution in [0.5, 0.6) is 11.8 Å². The number of likely N-dealkylation sites (tertiary alicyclic amines) is 1. The van der Waals surface area contributed by atoms with Gasteiger partial charge in [0.25, 0.3) is 11.8 Å².